The predicted octanol–water partition coefficient (Wildman–Crippen LogP) is 3.71. The highest BCUT2D eigenvalue weighted by atomic mass is 35.5. The molecule has 0 radical (unpaired) electrons. The molecule has 1 saturated heterocycles. The third kappa shape index (κ3) is 4.57. The zero-order chi connectivity index (χ0) is 20.3. The number of hydrogen-bond donors (Lipinski definition) is 0. The van der Waals surface area contributed by atoms with Gasteiger partial charge in [0.2, 0.25) is 15.9 Å². The summed E-state index contributed by atoms with van der Waals surface area (Å²) in [6.45, 7) is 3.29. The number of rotatable bonds is 5. The van der Waals surface area contributed by atoms with Crippen molar-refractivity contribution in [1.82, 2.24) is 9.21 Å². The molecular formula is C21H25ClN2O3S. The summed E-state index contributed by atoms with van der Waals surface area (Å²) in [6, 6.07) is 14.2. The van der Waals surface area contributed by atoms with E-state index >= 15 is 0 Å². The average molecular weight is 421 g/mol. The minimum absolute atomic E-state index is 0.0757. The largest absolute Gasteiger partial charge is 0.341 e. The number of hydrogen-bond acceptors (Lipinski definition) is 3. The van der Waals surface area contributed by atoms with E-state index in [0.29, 0.717) is 37.5 Å². The summed E-state index contributed by atoms with van der Waals surface area (Å²) < 4.78 is 27.0. The van der Waals surface area contributed by atoms with Gasteiger partial charge in [0.1, 0.15) is 0 Å². The number of halogens is 1. The van der Waals surface area contributed by atoms with E-state index in [-0.39, 0.29) is 16.7 Å². The van der Waals surface area contributed by atoms with Gasteiger partial charge in [-0.15, -0.1) is 0 Å². The molecule has 2 aromatic carbocycles. The Labute approximate surface area is 172 Å². The number of aryl methyl sites for hydroxylation is 1. The number of piperidine rings is 1. The van der Waals surface area contributed by atoms with Gasteiger partial charge in [-0.05, 0) is 55.2 Å². The van der Waals surface area contributed by atoms with Crippen LogP contribution in [0, 0.1) is 12.8 Å². The Balaban J connectivity index is 1.60. The van der Waals surface area contributed by atoms with Crippen LogP contribution in [0.4, 0.5) is 0 Å². The van der Waals surface area contributed by atoms with Crippen molar-refractivity contribution in [3.8, 4) is 0 Å². The molecular weight excluding hydrogens is 396 g/mol. The van der Waals surface area contributed by atoms with Gasteiger partial charge in [0.15, 0.2) is 0 Å². The van der Waals surface area contributed by atoms with Gasteiger partial charge in [-0.2, -0.15) is 4.31 Å². The third-order valence-electron chi connectivity index (χ3n) is 5.30. The maximum atomic E-state index is 12.8. The molecule has 0 atom stereocenters. The van der Waals surface area contributed by atoms with Gasteiger partial charge in [0, 0.05) is 37.6 Å². The van der Waals surface area contributed by atoms with Crippen molar-refractivity contribution in [3.63, 3.8) is 0 Å². The minimum atomic E-state index is -3.55. The molecule has 3 rings (SSSR count). The lowest BCUT2D eigenvalue weighted by Gasteiger charge is -2.32. The van der Waals surface area contributed by atoms with Crippen LogP contribution in [0.3, 0.4) is 0 Å². The van der Waals surface area contributed by atoms with Crippen molar-refractivity contribution in [2.24, 2.45) is 5.92 Å². The van der Waals surface area contributed by atoms with Crippen LogP contribution >= 0.6 is 11.6 Å². The lowest BCUT2D eigenvalue weighted by molar-refractivity contribution is -0.135. The van der Waals surface area contributed by atoms with Gasteiger partial charge < -0.3 is 4.90 Å². The van der Waals surface area contributed by atoms with E-state index in [4.69, 9.17) is 11.6 Å². The fourth-order valence-corrected chi connectivity index (χ4v) is 5.13. The fraction of sp³-hybridized carbons (Fsp3) is 0.381. The maximum Gasteiger partial charge on any atom is 0.243 e. The summed E-state index contributed by atoms with van der Waals surface area (Å²) in [7, 11) is -1.74. The number of amides is 1. The number of carbonyl (C=O) groups is 1. The number of carbonyl (C=O) groups excluding carboxylic acids is 1. The molecule has 0 unspecified atom stereocenters. The highest BCUT2D eigenvalue weighted by molar-refractivity contribution is 7.89. The number of sulfonamides is 1. The second kappa shape index (κ2) is 8.64. The van der Waals surface area contributed by atoms with E-state index in [0.717, 1.165) is 11.1 Å². The van der Waals surface area contributed by atoms with Crippen molar-refractivity contribution >= 4 is 27.5 Å². The first-order chi connectivity index (χ1) is 13.3. The first-order valence-electron chi connectivity index (χ1n) is 9.34. The Hall–Kier alpha value is -1.89. The van der Waals surface area contributed by atoms with Gasteiger partial charge in [-0.25, -0.2) is 8.42 Å². The Bertz CT molecular complexity index is 936. The molecule has 28 heavy (non-hydrogen) atoms. The second-order valence-corrected chi connectivity index (χ2v) is 9.63. The number of nitrogens with zero attached hydrogens (tertiary/aromatic N) is 2. The quantitative estimate of drug-likeness (QED) is 0.740. The highest BCUT2D eigenvalue weighted by Gasteiger charge is 2.33. The zero-order valence-electron chi connectivity index (χ0n) is 16.1. The van der Waals surface area contributed by atoms with Gasteiger partial charge in [0.05, 0.1) is 4.90 Å². The van der Waals surface area contributed by atoms with E-state index < -0.39 is 10.0 Å². The Morgan fingerprint density at radius 1 is 1.11 bits per heavy atom. The summed E-state index contributed by atoms with van der Waals surface area (Å²) in [5.74, 6) is -0.0718. The first kappa shape index (κ1) is 20.8. The molecule has 0 saturated carbocycles. The fourth-order valence-electron chi connectivity index (χ4n) is 3.53. The third-order valence-corrected chi connectivity index (χ3v) is 7.46. The Kier molecular flexibility index (Phi) is 6.43. The molecule has 0 bridgehead atoms. The predicted molar refractivity (Wildman–Crippen MR) is 111 cm³/mol. The molecule has 1 heterocycles. The molecule has 0 aromatic heterocycles. The van der Waals surface area contributed by atoms with Crippen molar-refractivity contribution < 1.29 is 13.2 Å². The Morgan fingerprint density at radius 2 is 1.71 bits per heavy atom. The van der Waals surface area contributed by atoms with Crippen LogP contribution < -0.4 is 0 Å². The Morgan fingerprint density at radius 3 is 2.32 bits per heavy atom. The highest BCUT2D eigenvalue weighted by Crippen LogP contribution is 2.26. The second-order valence-electron chi connectivity index (χ2n) is 7.25. The summed E-state index contributed by atoms with van der Waals surface area (Å²) >= 11 is 5.85. The van der Waals surface area contributed by atoms with Crippen LogP contribution in [-0.4, -0.2) is 43.7 Å². The summed E-state index contributed by atoms with van der Waals surface area (Å²) in [6.07, 6.45) is 1.06. The molecule has 0 aliphatic carbocycles. The molecule has 1 fully saturated rings. The molecule has 7 heteroatoms. The first-order valence-corrected chi connectivity index (χ1v) is 11.2. The molecule has 150 valence electrons. The summed E-state index contributed by atoms with van der Waals surface area (Å²) in [5, 5.41) is 0.500. The van der Waals surface area contributed by atoms with Gasteiger partial charge >= 0.3 is 0 Å². The van der Waals surface area contributed by atoms with Crippen LogP contribution in [0.5, 0.6) is 0 Å². The molecule has 5 nitrogen and oxygen atoms in total. The normalized spacial score (nSPS) is 16.1. The van der Waals surface area contributed by atoms with Crippen molar-refractivity contribution in [2.45, 2.75) is 31.2 Å². The SMILES string of the molecule is Cc1ccccc1CN(C)C(=O)C1CCN(S(=O)(=O)c2ccc(Cl)cc2)CC1. The van der Waals surface area contributed by atoms with Crippen LogP contribution in [0.25, 0.3) is 0 Å². The molecule has 0 N–H and O–H groups in total. The monoisotopic (exact) mass is 420 g/mol. The smallest absolute Gasteiger partial charge is 0.243 e. The van der Waals surface area contributed by atoms with Gasteiger partial charge in [-0.1, -0.05) is 35.9 Å². The van der Waals surface area contributed by atoms with E-state index in [1.807, 2.05) is 38.2 Å². The van der Waals surface area contributed by atoms with E-state index in [1.165, 1.54) is 16.4 Å². The molecule has 1 aliphatic heterocycles. The van der Waals surface area contributed by atoms with Gasteiger partial charge in [0.25, 0.3) is 0 Å². The maximum absolute atomic E-state index is 12.8. The van der Waals surface area contributed by atoms with E-state index in [2.05, 4.69) is 0 Å². The standard InChI is InChI=1S/C21H25ClN2O3S/c1-16-5-3-4-6-18(16)15-23(2)21(25)17-11-13-24(14-12-17)28(26,27)20-9-7-19(22)8-10-20/h3-10,17H,11-15H2,1-2H3. The van der Waals surface area contributed by atoms with Crippen LogP contribution in [0.15, 0.2) is 53.4 Å². The minimum Gasteiger partial charge on any atom is -0.341 e. The average Bonchev–Trinajstić information content (AvgIpc) is 2.69. The summed E-state index contributed by atoms with van der Waals surface area (Å²) in [5.41, 5.74) is 2.28. The zero-order valence-corrected chi connectivity index (χ0v) is 17.7. The van der Waals surface area contributed by atoms with E-state index in [9.17, 15) is 13.2 Å². The van der Waals surface area contributed by atoms with Gasteiger partial charge in [-0.3, -0.25) is 4.79 Å². The van der Waals surface area contributed by atoms with E-state index in [1.54, 1.807) is 17.0 Å². The van der Waals surface area contributed by atoms with Crippen LogP contribution in [0.2, 0.25) is 5.02 Å². The molecule has 0 spiro atoms. The number of benzene rings is 2. The summed E-state index contributed by atoms with van der Waals surface area (Å²) in [4.78, 5) is 14.8. The van der Waals surface area contributed by atoms with Crippen LogP contribution in [-0.2, 0) is 21.4 Å². The molecule has 1 amide bonds. The topological polar surface area (TPSA) is 57.7 Å². The van der Waals surface area contributed by atoms with Crippen LogP contribution in [0.1, 0.15) is 24.0 Å². The lowest BCUT2D eigenvalue weighted by atomic mass is 9.96. The van der Waals surface area contributed by atoms with Crippen molar-refractivity contribution in [1.29, 1.82) is 0 Å². The van der Waals surface area contributed by atoms with Crippen molar-refractivity contribution in [3.05, 3.63) is 64.7 Å². The molecule has 2 aromatic rings. The van der Waals surface area contributed by atoms with Crippen molar-refractivity contribution in [2.75, 3.05) is 20.1 Å². The molecule has 1 aliphatic rings. The lowest BCUT2D eigenvalue weighted by Crippen LogP contribution is -2.43.